The molecule has 1 aliphatic carbocycles. The van der Waals surface area contributed by atoms with Crippen molar-refractivity contribution in [1.82, 2.24) is 10.3 Å². The van der Waals surface area contributed by atoms with E-state index in [9.17, 15) is 0 Å². The molecule has 1 aliphatic rings. The Kier molecular flexibility index (Phi) is 4.37. The molecule has 1 unspecified atom stereocenters. The molecule has 0 radical (unpaired) electrons. The molecule has 3 nitrogen and oxygen atoms in total. The predicted molar refractivity (Wildman–Crippen MR) is 69.2 cm³/mol. The molecular weight excluding hydrogens is 212 g/mol. The molecule has 0 saturated heterocycles. The summed E-state index contributed by atoms with van der Waals surface area (Å²) in [5, 5.41) is 3.55. The van der Waals surface area contributed by atoms with Gasteiger partial charge in [0.25, 0.3) is 0 Å². The highest BCUT2D eigenvalue weighted by Crippen LogP contribution is 2.36. The molecule has 0 aliphatic heterocycles. The van der Waals surface area contributed by atoms with Gasteiger partial charge < -0.3 is 10.1 Å². The van der Waals surface area contributed by atoms with Gasteiger partial charge in [0.05, 0.1) is 7.11 Å². The second-order valence-corrected chi connectivity index (χ2v) is 4.74. The molecule has 1 fully saturated rings. The van der Waals surface area contributed by atoms with E-state index in [1.165, 1.54) is 31.2 Å². The molecule has 94 valence electrons. The number of pyridine rings is 1. The fourth-order valence-electron chi connectivity index (χ4n) is 2.47. The molecule has 2 rings (SSSR count). The summed E-state index contributed by atoms with van der Waals surface area (Å²) in [6, 6.07) is 4.50. The molecule has 0 aromatic carbocycles. The van der Waals surface area contributed by atoms with Crippen molar-refractivity contribution in [3.8, 4) is 5.88 Å². The lowest BCUT2D eigenvalue weighted by atomic mass is 9.79. The maximum atomic E-state index is 5.35. The Morgan fingerprint density at radius 1 is 1.53 bits per heavy atom. The Hall–Kier alpha value is -1.09. The lowest BCUT2D eigenvalue weighted by molar-refractivity contribution is 0.259. The Balaban J connectivity index is 2.12. The Labute approximate surface area is 104 Å². The van der Waals surface area contributed by atoms with Crippen LogP contribution in [-0.4, -0.2) is 18.6 Å². The van der Waals surface area contributed by atoms with Crippen molar-refractivity contribution in [2.75, 3.05) is 13.7 Å². The minimum Gasteiger partial charge on any atom is -0.481 e. The minimum absolute atomic E-state index is 0.383. The van der Waals surface area contributed by atoms with E-state index in [0.717, 1.165) is 18.3 Å². The first-order chi connectivity index (χ1) is 8.35. The fourth-order valence-corrected chi connectivity index (χ4v) is 2.47. The van der Waals surface area contributed by atoms with E-state index in [1.54, 1.807) is 13.3 Å². The third-order valence-electron chi connectivity index (χ3n) is 3.61. The second kappa shape index (κ2) is 6.01. The van der Waals surface area contributed by atoms with E-state index in [-0.39, 0.29) is 0 Å². The first-order valence-electron chi connectivity index (χ1n) is 6.57. The quantitative estimate of drug-likeness (QED) is 0.821. The Bertz CT molecular complexity index is 350. The van der Waals surface area contributed by atoms with Gasteiger partial charge in [-0.3, -0.25) is 0 Å². The summed E-state index contributed by atoms with van der Waals surface area (Å²) >= 11 is 0. The Morgan fingerprint density at radius 2 is 2.35 bits per heavy atom. The average Bonchev–Trinajstić information content (AvgIpc) is 2.32. The highest BCUT2D eigenvalue weighted by atomic mass is 16.5. The monoisotopic (exact) mass is 234 g/mol. The second-order valence-electron chi connectivity index (χ2n) is 4.74. The molecule has 1 N–H and O–H groups in total. The largest absolute Gasteiger partial charge is 0.481 e. The van der Waals surface area contributed by atoms with Crippen molar-refractivity contribution in [2.24, 2.45) is 5.92 Å². The molecule has 3 heteroatoms. The number of hydrogen-bond donors (Lipinski definition) is 1. The van der Waals surface area contributed by atoms with Gasteiger partial charge in [-0.1, -0.05) is 32.3 Å². The maximum Gasteiger partial charge on any atom is 0.217 e. The van der Waals surface area contributed by atoms with Crippen LogP contribution in [0.25, 0.3) is 0 Å². The predicted octanol–water partition coefficient (Wildman–Crippen LogP) is 2.93. The van der Waals surface area contributed by atoms with Crippen LogP contribution in [0.15, 0.2) is 18.3 Å². The molecule has 0 bridgehead atoms. The summed E-state index contributed by atoms with van der Waals surface area (Å²) in [6.45, 7) is 3.13. The van der Waals surface area contributed by atoms with E-state index in [2.05, 4.69) is 23.3 Å². The van der Waals surface area contributed by atoms with Gasteiger partial charge in [-0.25, -0.2) is 4.98 Å². The molecule has 0 spiro atoms. The van der Waals surface area contributed by atoms with E-state index in [1.807, 2.05) is 6.07 Å². The highest BCUT2D eigenvalue weighted by molar-refractivity contribution is 5.29. The smallest absolute Gasteiger partial charge is 0.217 e. The van der Waals surface area contributed by atoms with Crippen molar-refractivity contribution in [3.05, 3.63) is 23.9 Å². The van der Waals surface area contributed by atoms with E-state index in [0.29, 0.717) is 6.04 Å². The highest BCUT2D eigenvalue weighted by Gasteiger charge is 2.24. The van der Waals surface area contributed by atoms with Crippen molar-refractivity contribution >= 4 is 0 Å². The lowest BCUT2D eigenvalue weighted by Gasteiger charge is -2.30. The summed E-state index contributed by atoms with van der Waals surface area (Å²) in [5.74, 6) is 1.64. The molecule has 1 aromatic rings. The molecular formula is C14H22N2O. The van der Waals surface area contributed by atoms with Crippen LogP contribution in [0.3, 0.4) is 0 Å². The number of nitrogens with zero attached hydrogens (tertiary/aromatic N) is 1. The van der Waals surface area contributed by atoms with Crippen LogP contribution in [0.1, 0.15) is 44.2 Å². The zero-order chi connectivity index (χ0) is 12.1. The number of hydrogen-bond acceptors (Lipinski definition) is 3. The molecule has 1 saturated carbocycles. The van der Waals surface area contributed by atoms with Crippen LogP contribution in [0.2, 0.25) is 0 Å². The first-order valence-corrected chi connectivity index (χ1v) is 6.57. The standard InChI is InChI=1S/C14H22N2O/c1-3-15-13(10-11-6-4-7-11)12-8-5-9-16-14(12)17-2/h5,8-9,11,13,15H,3-4,6-7,10H2,1-2H3. The van der Waals surface area contributed by atoms with Gasteiger partial charge in [0.2, 0.25) is 5.88 Å². The fraction of sp³-hybridized carbons (Fsp3) is 0.643. The van der Waals surface area contributed by atoms with Gasteiger partial charge in [-0.05, 0) is 24.9 Å². The number of rotatable bonds is 6. The Morgan fingerprint density at radius 3 is 2.94 bits per heavy atom. The zero-order valence-corrected chi connectivity index (χ0v) is 10.8. The van der Waals surface area contributed by atoms with Crippen LogP contribution in [0, 0.1) is 5.92 Å². The normalized spacial score (nSPS) is 17.5. The summed E-state index contributed by atoms with van der Waals surface area (Å²) in [7, 11) is 1.69. The first kappa shape index (κ1) is 12.4. The van der Waals surface area contributed by atoms with Crippen LogP contribution < -0.4 is 10.1 Å². The molecule has 1 heterocycles. The number of nitrogens with one attached hydrogen (secondary N) is 1. The van der Waals surface area contributed by atoms with Crippen molar-refractivity contribution in [3.63, 3.8) is 0 Å². The molecule has 1 atom stereocenters. The molecule has 0 amide bonds. The van der Waals surface area contributed by atoms with Gasteiger partial charge in [0.15, 0.2) is 0 Å². The topological polar surface area (TPSA) is 34.2 Å². The van der Waals surface area contributed by atoms with E-state index >= 15 is 0 Å². The van der Waals surface area contributed by atoms with E-state index in [4.69, 9.17) is 4.74 Å². The van der Waals surface area contributed by atoms with Gasteiger partial charge in [-0.2, -0.15) is 0 Å². The summed E-state index contributed by atoms with van der Waals surface area (Å²) in [4.78, 5) is 4.29. The van der Waals surface area contributed by atoms with Gasteiger partial charge in [0, 0.05) is 17.8 Å². The average molecular weight is 234 g/mol. The SMILES string of the molecule is CCNC(CC1CCC1)c1cccnc1OC. The van der Waals surface area contributed by atoms with Gasteiger partial charge in [-0.15, -0.1) is 0 Å². The van der Waals surface area contributed by atoms with Crippen LogP contribution in [0.5, 0.6) is 5.88 Å². The summed E-state index contributed by atoms with van der Waals surface area (Å²) < 4.78 is 5.35. The number of aromatic nitrogens is 1. The maximum absolute atomic E-state index is 5.35. The van der Waals surface area contributed by atoms with Crippen molar-refractivity contribution < 1.29 is 4.74 Å². The number of methoxy groups -OCH3 is 1. The molecule has 1 aromatic heterocycles. The third kappa shape index (κ3) is 2.97. The lowest BCUT2D eigenvalue weighted by Crippen LogP contribution is -2.26. The van der Waals surface area contributed by atoms with Gasteiger partial charge >= 0.3 is 0 Å². The van der Waals surface area contributed by atoms with Crippen LogP contribution in [-0.2, 0) is 0 Å². The van der Waals surface area contributed by atoms with E-state index < -0.39 is 0 Å². The molecule has 17 heavy (non-hydrogen) atoms. The number of ether oxygens (including phenoxy) is 1. The summed E-state index contributed by atoms with van der Waals surface area (Å²) in [6.07, 6.45) is 7.15. The van der Waals surface area contributed by atoms with Gasteiger partial charge in [0.1, 0.15) is 0 Å². The van der Waals surface area contributed by atoms with Crippen molar-refractivity contribution in [1.29, 1.82) is 0 Å². The van der Waals surface area contributed by atoms with Crippen LogP contribution >= 0.6 is 0 Å². The minimum atomic E-state index is 0.383. The van der Waals surface area contributed by atoms with Crippen LogP contribution in [0.4, 0.5) is 0 Å². The third-order valence-corrected chi connectivity index (χ3v) is 3.61. The zero-order valence-electron chi connectivity index (χ0n) is 10.8. The van der Waals surface area contributed by atoms with Crippen molar-refractivity contribution in [2.45, 2.75) is 38.6 Å². The summed E-state index contributed by atoms with van der Waals surface area (Å²) in [5.41, 5.74) is 1.20.